The number of para-hydroxylation sites is 1. The zero-order valence-corrected chi connectivity index (χ0v) is 23.1. The minimum Gasteiger partial charge on any atom is -1.00 e. The van der Waals surface area contributed by atoms with Crippen LogP contribution in [0.25, 0.3) is 32.4 Å². The standard InChI is InChI=1S/C34H33N2O.BrH/c1-2-23-21-36(22-31-27-11-5-3-9-25(27)19-26-10-4-6-12-28(26)31)18-16-24(23)20-33(36)34(37)30-15-17-35-32-14-8-7-13-29(30)32;/h2-15,17,19,23-24,33-34,37H,1,16,18,20-22H2;1H/q+1;/p-1/t23?,24?,33-,34-,36?;/m1./s1. The topological polar surface area (TPSA) is 33.1 Å². The molecular formula is C34H33BrN2O. The molecule has 5 atom stereocenters. The second-order valence-corrected chi connectivity index (χ2v) is 11.2. The Morgan fingerprint density at radius 1 is 0.921 bits per heavy atom. The second kappa shape index (κ2) is 9.92. The summed E-state index contributed by atoms with van der Waals surface area (Å²) in [6, 6.07) is 30.3. The number of halogens is 1. The average Bonchev–Trinajstić information content (AvgIpc) is 2.96. The summed E-state index contributed by atoms with van der Waals surface area (Å²) in [6.45, 7) is 7.28. The van der Waals surface area contributed by atoms with Gasteiger partial charge in [-0.1, -0.05) is 72.8 Å². The Labute approximate surface area is 234 Å². The summed E-state index contributed by atoms with van der Waals surface area (Å²) in [5.74, 6) is 1.09. The lowest BCUT2D eigenvalue weighted by molar-refractivity contribution is -0.984. The molecule has 0 saturated carbocycles. The van der Waals surface area contributed by atoms with Crippen LogP contribution in [-0.4, -0.2) is 33.7 Å². The third-order valence-electron chi connectivity index (χ3n) is 9.40. The molecule has 38 heavy (non-hydrogen) atoms. The first-order valence-corrected chi connectivity index (χ1v) is 13.6. The smallest absolute Gasteiger partial charge is 0.131 e. The van der Waals surface area contributed by atoms with Crippen molar-refractivity contribution in [2.75, 3.05) is 13.1 Å². The molecule has 3 aliphatic heterocycles. The van der Waals surface area contributed by atoms with Gasteiger partial charge in [0.25, 0.3) is 0 Å². The molecule has 2 bridgehead atoms. The van der Waals surface area contributed by atoms with Gasteiger partial charge in [-0.05, 0) is 51.2 Å². The first-order valence-electron chi connectivity index (χ1n) is 13.6. The van der Waals surface area contributed by atoms with Gasteiger partial charge in [0, 0.05) is 35.9 Å². The van der Waals surface area contributed by atoms with Crippen molar-refractivity contribution in [1.82, 2.24) is 4.98 Å². The van der Waals surface area contributed by atoms with Crippen LogP contribution in [0.5, 0.6) is 0 Å². The van der Waals surface area contributed by atoms with E-state index < -0.39 is 6.10 Å². The third-order valence-corrected chi connectivity index (χ3v) is 9.40. The highest BCUT2D eigenvalue weighted by atomic mass is 79.9. The Bertz CT molecular complexity index is 1590. The van der Waals surface area contributed by atoms with Crippen LogP contribution >= 0.6 is 0 Å². The number of aromatic nitrogens is 1. The summed E-state index contributed by atoms with van der Waals surface area (Å²) < 4.78 is 0.906. The predicted octanol–water partition coefficient (Wildman–Crippen LogP) is 4.19. The summed E-state index contributed by atoms with van der Waals surface area (Å²) in [5.41, 5.74) is 3.37. The van der Waals surface area contributed by atoms with E-state index in [2.05, 4.69) is 78.3 Å². The van der Waals surface area contributed by atoms with Gasteiger partial charge in [-0.2, -0.15) is 0 Å². The summed E-state index contributed by atoms with van der Waals surface area (Å²) in [4.78, 5) is 4.57. The first kappa shape index (κ1) is 25.2. The molecule has 1 aromatic heterocycles. The van der Waals surface area contributed by atoms with E-state index in [-0.39, 0.29) is 23.0 Å². The van der Waals surface area contributed by atoms with Crippen LogP contribution in [0.2, 0.25) is 0 Å². The lowest BCUT2D eigenvalue weighted by atomic mass is 9.71. The van der Waals surface area contributed by atoms with E-state index in [9.17, 15) is 5.11 Å². The molecule has 4 aromatic carbocycles. The van der Waals surface area contributed by atoms with Crippen molar-refractivity contribution < 1.29 is 26.6 Å². The highest BCUT2D eigenvalue weighted by Crippen LogP contribution is 2.49. The van der Waals surface area contributed by atoms with Gasteiger partial charge >= 0.3 is 0 Å². The first-order chi connectivity index (χ1) is 18.2. The quantitative estimate of drug-likeness (QED) is 0.197. The minimum absolute atomic E-state index is 0. The van der Waals surface area contributed by atoms with Crippen LogP contribution in [0.4, 0.5) is 0 Å². The summed E-state index contributed by atoms with van der Waals surface area (Å²) in [6.07, 6.45) is 5.72. The van der Waals surface area contributed by atoms with Crippen LogP contribution < -0.4 is 17.0 Å². The molecule has 4 heteroatoms. The molecular weight excluding hydrogens is 532 g/mol. The lowest BCUT2D eigenvalue weighted by Crippen LogP contribution is -3.00. The number of aliphatic hydroxyl groups excluding tert-OH is 1. The summed E-state index contributed by atoms with van der Waals surface area (Å²) in [5, 5.41) is 18.4. The zero-order chi connectivity index (χ0) is 25.0. The summed E-state index contributed by atoms with van der Waals surface area (Å²) >= 11 is 0. The number of aliphatic hydroxyl groups is 1. The number of nitrogens with zero attached hydrogens (tertiary/aromatic N) is 2. The van der Waals surface area contributed by atoms with Crippen molar-refractivity contribution >= 4 is 32.4 Å². The molecule has 3 unspecified atom stereocenters. The molecule has 0 radical (unpaired) electrons. The average molecular weight is 566 g/mol. The van der Waals surface area contributed by atoms with E-state index in [1.165, 1.54) is 33.5 Å². The Morgan fingerprint density at radius 2 is 1.58 bits per heavy atom. The number of hydrogen-bond acceptors (Lipinski definition) is 2. The zero-order valence-electron chi connectivity index (χ0n) is 21.5. The lowest BCUT2D eigenvalue weighted by Gasteiger charge is -2.58. The van der Waals surface area contributed by atoms with E-state index in [1.54, 1.807) is 0 Å². The normalized spacial score (nSPS) is 25.3. The highest BCUT2D eigenvalue weighted by Gasteiger charge is 2.54. The summed E-state index contributed by atoms with van der Waals surface area (Å²) in [7, 11) is 0. The van der Waals surface area contributed by atoms with Gasteiger partial charge in [0.15, 0.2) is 0 Å². The van der Waals surface area contributed by atoms with Crippen LogP contribution in [0, 0.1) is 11.8 Å². The van der Waals surface area contributed by atoms with Gasteiger partial charge in [0.2, 0.25) is 0 Å². The van der Waals surface area contributed by atoms with E-state index >= 15 is 0 Å². The molecule has 5 aromatic rings. The molecule has 0 amide bonds. The molecule has 192 valence electrons. The second-order valence-electron chi connectivity index (χ2n) is 11.2. The number of rotatable bonds is 5. The van der Waals surface area contributed by atoms with Crippen molar-refractivity contribution in [3.8, 4) is 0 Å². The van der Waals surface area contributed by atoms with E-state index in [4.69, 9.17) is 0 Å². The molecule has 4 heterocycles. The monoisotopic (exact) mass is 564 g/mol. The fraction of sp³-hybridized carbons (Fsp3) is 0.265. The molecule has 3 aliphatic rings. The van der Waals surface area contributed by atoms with Gasteiger partial charge in [-0.3, -0.25) is 4.98 Å². The van der Waals surface area contributed by atoms with E-state index in [0.717, 1.165) is 47.0 Å². The molecule has 3 nitrogen and oxygen atoms in total. The highest BCUT2D eigenvalue weighted by molar-refractivity contribution is 6.02. The molecule has 3 saturated heterocycles. The Morgan fingerprint density at radius 3 is 2.29 bits per heavy atom. The number of fused-ring (bicyclic) bond motifs is 6. The van der Waals surface area contributed by atoms with Crippen molar-refractivity contribution in [3.63, 3.8) is 0 Å². The van der Waals surface area contributed by atoms with E-state index in [1.807, 2.05) is 30.5 Å². The van der Waals surface area contributed by atoms with Gasteiger partial charge in [0.1, 0.15) is 18.7 Å². The molecule has 0 aliphatic carbocycles. The Hall–Kier alpha value is -3.05. The minimum atomic E-state index is -0.539. The van der Waals surface area contributed by atoms with Crippen molar-refractivity contribution in [2.45, 2.75) is 31.5 Å². The SMILES string of the molecule is C=CC1C[N+]2(Cc3c4ccccc4cc4ccccc34)CCC1C[C@@H]2[C@H](O)c1ccnc2ccccc12.[Br-]. The molecule has 0 spiro atoms. The van der Waals surface area contributed by atoms with Crippen molar-refractivity contribution in [3.05, 3.63) is 115 Å². The van der Waals surface area contributed by atoms with Crippen LogP contribution in [-0.2, 0) is 6.54 Å². The van der Waals surface area contributed by atoms with Gasteiger partial charge in [-0.15, -0.1) is 6.58 Å². The third kappa shape index (κ3) is 3.98. The molecule has 1 N–H and O–H groups in total. The van der Waals surface area contributed by atoms with Crippen LogP contribution in [0.3, 0.4) is 0 Å². The molecule has 3 fully saturated rings. The Balaban J connectivity index is 0.00000264. The number of benzene rings is 4. The van der Waals surface area contributed by atoms with Gasteiger partial charge in [0.05, 0.1) is 18.6 Å². The van der Waals surface area contributed by atoms with Gasteiger partial charge < -0.3 is 26.6 Å². The largest absolute Gasteiger partial charge is 1.00 e. The number of pyridine rings is 1. The van der Waals surface area contributed by atoms with Crippen molar-refractivity contribution in [2.24, 2.45) is 11.8 Å². The number of piperidine rings is 3. The van der Waals surface area contributed by atoms with Crippen molar-refractivity contribution in [1.29, 1.82) is 0 Å². The molecule has 8 rings (SSSR count). The maximum absolute atomic E-state index is 12.1. The van der Waals surface area contributed by atoms with Crippen LogP contribution in [0.15, 0.2) is 104 Å². The Kier molecular flexibility index (Phi) is 6.59. The maximum Gasteiger partial charge on any atom is 0.131 e. The van der Waals surface area contributed by atoms with E-state index in [0.29, 0.717) is 11.8 Å². The van der Waals surface area contributed by atoms with Gasteiger partial charge in [-0.25, -0.2) is 0 Å². The predicted molar refractivity (Wildman–Crippen MR) is 152 cm³/mol. The number of hydrogen-bond donors (Lipinski definition) is 1. The number of quaternary nitrogens is 1. The fourth-order valence-electron chi connectivity index (χ4n) is 7.56. The fourth-order valence-corrected chi connectivity index (χ4v) is 7.56. The maximum atomic E-state index is 12.1. The van der Waals surface area contributed by atoms with Crippen LogP contribution in [0.1, 0.15) is 30.1 Å².